The molecule has 0 aliphatic rings. The molecule has 0 bridgehead atoms. The lowest BCUT2D eigenvalue weighted by Crippen LogP contribution is -2.41. The predicted octanol–water partition coefficient (Wildman–Crippen LogP) is 1.74. The van der Waals surface area contributed by atoms with Gasteiger partial charge in [-0.05, 0) is 44.0 Å². The van der Waals surface area contributed by atoms with Crippen molar-refractivity contribution in [2.45, 2.75) is 26.0 Å². The molecule has 0 radical (unpaired) electrons. The van der Waals surface area contributed by atoms with E-state index in [1.54, 1.807) is 0 Å². The van der Waals surface area contributed by atoms with Crippen molar-refractivity contribution in [3.63, 3.8) is 0 Å². The van der Waals surface area contributed by atoms with E-state index < -0.39 is 15.3 Å². The monoisotopic (exact) mass is 286 g/mol. The largest absolute Gasteiger partial charge is 0.392 e. The van der Waals surface area contributed by atoms with Crippen molar-refractivity contribution in [2.75, 3.05) is 11.4 Å². The molecule has 0 fully saturated rings. The minimum atomic E-state index is -3.56. The lowest BCUT2D eigenvalue weighted by Gasteiger charge is -2.23. The standard InChI is InChI=1S/C12H18N2O2S2/c1-8-5-9(2)7-11(6-8)14(4)18(15,16)10(3)12(13)17/h5-7,10H,1-4H3,(H2,13,17). The molecule has 0 saturated heterocycles. The van der Waals surface area contributed by atoms with Gasteiger partial charge in [0, 0.05) is 7.05 Å². The Morgan fingerprint density at radius 1 is 1.28 bits per heavy atom. The number of hydrogen-bond acceptors (Lipinski definition) is 3. The zero-order valence-corrected chi connectivity index (χ0v) is 12.6. The quantitative estimate of drug-likeness (QED) is 0.856. The van der Waals surface area contributed by atoms with Crippen LogP contribution in [0.2, 0.25) is 0 Å². The van der Waals surface area contributed by atoms with Crippen molar-refractivity contribution < 1.29 is 8.42 Å². The van der Waals surface area contributed by atoms with Crippen LogP contribution in [-0.2, 0) is 10.0 Å². The van der Waals surface area contributed by atoms with Crippen LogP contribution in [0.1, 0.15) is 18.1 Å². The fourth-order valence-electron chi connectivity index (χ4n) is 1.66. The summed E-state index contributed by atoms with van der Waals surface area (Å²) in [5.74, 6) is 0. The smallest absolute Gasteiger partial charge is 0.244 e. The minimum absolute atomic E-state index is 0.0220. The van der Waals surface area contributed by atoms with Gasteiger partial charge in [0.25, 0.3) is 0 Å². The summed E-state index contributed by atoms with van der Waals surface area (Å²) in [5.41, 5.74) is 8.06. The second kappa shape index (κ2) is 5.24. The van der Waals surface area contributed by atoms with Crippen LogP contribution >= 0.6 is 12.2 Å². The highest BCUT2D eigenvalue weighted by atomic mass is 32.2. The van der Waals surface area contributed by atoms with Gasteiger partial charge in [0.15, 0.2) is 0 Å². The Morgan fingerprint density at radius 3 is 2.11 bits per heavy atom. The highest BCUT2D eigenvalue weighted by Gasteiger charge is 2.28. The molecule has 0 amide bonds. The molecule has 1 aromatic rings. The summed E-state index contributed by atoms with van der Waals surface area (Å²) < 4.78 is 25.7. The van der Waals surface area contributed by atoms with E-state index in [1.807, 2.05) is 32.0 Å². The molecule has 1 unspecified atom stereocenters. The van der Waals surface area contributed by atoms with Gasteiger partial charge in [-0.15, -0.1) is 0 Å². The molecule has 1 rings (SSSR count). The molecule has 0 saturated carbocycles. The summed E-state index contributed by atoms with van der Waals surface area (Å²) in [6.45, 7) is 5.35. The van der Waals surface area contributed by atoms with Crippen LogP contribution in [-0.4, -0.2) is 25.7 Å². The molecule has 0 heterocycles. The molecular weight excluding hydrogens is 268 g/mol. The maximum Gasteiger partial charge on any atom is 0.244 e. The van der Waals surface area contributed by atoms with E-state index in [1.165, 1.54) is 18.3 Å². The number of benzene rings is 1. The van der Waals surface area contributed by atoms with Crippen LogP contribution in [0, 0.1) is 13.8 Å². The van der Waals surface area contributed by atoms with Gasteiger partial charge in [0.2, 0.25) is 10.0 Å². The third-order valence-corrected chi connectivity index (χ3v) is 5.42. The van der Waals surface area contributed by atoms with Crippen molar-refractivity contribution in [1.29, 1.82) is 0 Å². The summed E-state index contributed by atoms with van der Waals surface area (Å²) in [7, 11) is -2.05. The van der Waals surface area contributed by atoms with Crippen molar-refractivity contribution in [2.24, 2.45) is 5.73 Å². The van der Waals surface area contributed by atoms with Gasteiger partial charge >= 0.3 is 0 Å². The van der Waals surface area contributed by atoms with Crippen LogP contribution in [0.5, 0.6) is 0 Å². The first-order valence-electron chi connectivity index (χ1n) is 5.51. The molecule has 1 atom stereocenters. The van der Waals surface area contributed by atoms with Crippen LogP contribution < -0.4 is 10.0 Å². The summed E-state index contributed by atoms with van der Waals surface area (Å²) in [6, 6.07) is 5.62. The third kappa shape index (κ3) is 3.00. The summed E-state index contributed by atoms with van der Waals surface area (Å²) in [6.07, 6.45) is 0. The van der Waals surface area contributed by atoms with E-state index in [0.717, 1.165) is 11.1 Å². The first kappa shape index (κ1) is 14.9. The van der Waals surface area contributed by atoms with Crippen LogP contribution in [0.3, 0.4) is 0 Å². The Labute approximate surface area is 114 Å². The molecule has 0 aliphatic carbocycles. The highest BCUT2D eigenvalue weighted by Crippen LogP contribution is 2.22. The number of rotatable bonds is 4. The van der Waals surface area contributed by atoms with E-state index in [2.05, 4.69) is 0 Å². The number of sulfonamides is 1. The maximum absolute atomic E-state index is 12.3. The van der Waals surface area contributed by atoms with E-state index >= 15 is 0 Å². The maximum atomic E-state index is 12.3. The van der Waals surface area contributed by atoms with E-state index in [0.29, 0.717) is 5.69 Å². The summed E-state index contributed by atoms with van der Waals surface area (Å²) in [5, 5.41) is -0.877. The average Bonchev–Trinajstić information content (AvgIpc) is 2.25. The van der Waals surface area contributed by atoms with Crippen molar-refractivity contribution in [3.8, 4) is 0 Å². The SMILES string of the molecule is Cc1cc(C)cc(N(C)S(=O)(=O)C(C)C(N)=S)c1. The molecule has 6 heteroatoms. The van der Waals surface area contributed by atoms with Gasteiger partial charge in [-0.2, -0.15) is 0 Å². The molecule has 0 spiro atoms. The molecule has 4 nitrogen and oxygen atoms in total. The van der Waals surface area contributed by atoms with Gasteiger partial charge in [0.1, 0.15) is 5.25 Å². The van der Waals surface area contributed by atoms with Crippen molar-refractivity contribution >= 4 is 32.9 Å². The van der Waals surface area contributed by atoms with Crippen LogP contribution in [0.15, 0.2) is 18.2 Å². The lowest BCUT2D eigenvalue weighted by molar-refractivity contribution is 0.591. The molecule has 0 aromatic heterocycles. The average molecular weight is 286 g/mol. The van der Waals surface area contributed by atoms with Gasteiger partial charge in [-0.3, -0.25) is 4.31 Å². The zero-order chi connectivity index (χ0) is 14.1. The Morgan fingerprint density at radius 2 is 1.72 bits per heavy atom. The number of nitrogens with zero attached hydrogens (tertiary/aromatic N) is 1. The Kier molecular flexibility index (Phi) is 4.34. The van der Waals surface area contributed by atoms with Crippen molar-refractivity contribution in [1.82, 2.24) is 0 Å². The number of nitrogens with two attached hydrogens (primary N) is 1. The molecule has 18 heavy (non-hydrogen) atoms. The highest BCUT2D eigenvalue weighted by molar-refractivity contribution is 7.95. The molecule has 0 aliphatic heterocycles. The Hall–Kier alpha value is -1.14. The van der Waals surface area contributed by atoms with Crippen LogP contribution in [0.4, 0.5) is 5.69 Å². The van der Waals surface area contributed by atoms with E-state index in [-0.39, 0.29) is 4.99 Å². The van der Waals surface area contributed by atoms with Crippen LogP contribution in [0.25, 0.3) is 0 Å². The molecule has 2 N–H and O–H groups in total. The fourth-order valence-corrected chi connectivity index (χ4v) is 3.20. The fraction of sp³-hybridized carbons (Fsp3) is 0.417. The van der Waals surface area contributed by atoms with E-state index in [4.69, 9.17) is 18.0 Å². The number of anilines is 1. The Bertz CT molecular complexity index is 547. The Balaban J connectivity index is 3.21. The predicted molar refractivity (Wildman–Crippen MR) is 79.5 cm³/mol. The topological polar surface area (TPSA) is 63.4 Å². The van der Waals surface area contributed by atoms with Gasteiger partial charge in [-0.25, -0.2) is 8.42 Å². The number of thiocarbonyl (C=S) groups is 1. The summed E-state index contributed by atoms with van der Waals surface area (Å²) >= 11 is 4.76. The first-order chi connectivity index (χ1) is 8.16. The van der Waals surface area contributed by atoms with Gasteiger partial charge in [0.05, 0.1) is 10.7 Å². The second-order valence-corrected chi connectivity index (χ2v) is 7.16. The molecular formula is C12H18N2O2S2. The van der Waals surface area contributed by atoms with Crippen molar-refractivity contribution in [3.05, 3.63) is 29.3 Å². The number of hydrogen-bond donors (Lipinski definition) is 1. The third-order valence-electron chi connectivity index (χ3n) is 2.80. The minimum Gasteiger partial charge on any atom is -0.392 e. The first-order valence-corrected chi connectivity index (χ1v) is 7.42. The zero-order valence-electron chi connectivity index (χ0n) is 11.0. The number of aryl methyl sites for hydroxylation is 2. The molecule has 1 aromatic carbocycles. The van der Waals surface area contributed by atoms with Gasteiger partial charge < -0.3 is 5.73 Å². The molecule has 100 valence electrons. The summed E-state index contributed by atoms with van der Waals surface area (Å²) in [4.78, 5) is -0.0220. The lowest BCUT2D eigenvalue weighted by atomic mass is 10.1. The van der Waals surface area contributed by atoms with Gasteiger partial charge in [-0.1, -0.05) is 18.3 Å². The normalized spacial score (nSPS) is 13.1. The van der Waals surface area contributed by atoms with E-state index in [9.17, 15) is 8.42 Å². The second-order valence-electron chi connectivity index (χ2n) is 4.40.